The van der Waals surface area contributed by atoms with Crippen molar-refractivity contribution in [3.63, 3.8) is 0 Å². The topological polar surface area (TPSA) is 38.4 Å². The van der Waals surface area contributed by atoms with Crippen molar-refractivity contribution in [3.05, 3.63) is 0 Å². The van der Waals surface area contributed by atoms with Crippen molar-refractivity contribution in [3.8, 4) is 0 Å². The molecule has 0 bridgehead atoms. The van der Waals surface area contributed by atoms with Crippen LogP contribution in [0.15, 0.2) is 4.99 Å². The minimum absolute atomic E-state index is 0.256. The Morgan fingerprint density at radius 1 is 1.55 bits per heavy atom. The second kappa shape index (κ2) is 4.50. The monoisotopic (exact) mass is 156 g/mol. The van der Waals surface area contributed by atoms with E-state index in [4.69, 9.17) is 5.73 Å². The van der Waals surface area contributed by atoms with Gasteiger partial charge in [-0.1, -0.05) is 20.3 Å². The molecule has 0 heterocycles. The van der Waals surface area contributed by atoms with Crippen molar-refractivity contribution in [2.45, 2.75) is 39.7 Å². The molecule has 0 aromatic rings. The molecule has 0 saturated heterocycles. The first kappa shape index (κ1) is 10.6. The van der Waals surface area contributed by atoms with Gasteiger partial charge in [-0.15, -0.1) is 0 Å². The summed E-state index contributed by atoms with van der Waals surface area (Å²) in [4.78, 5) is 4.26. The van der Waals surface area contributed by atoms with Gasteiger partial charge in [0, 0.05) is 18.3 Å². The molecule has 0 rings (SSSR count). The Balaban J connectivity index is 3.61. The number of hydrogen-bond acceptors (Lipinski definition) is 2. The van der Waals surface area contributed by atoms with Crippen LogP contribution in [0.5, 0.6) is 0 Å². The molecule has 0 amide bonds. The van der Waals surface area contributed by atoms with E-state index in [9.17, 15) is 0 Å². The van der Waals surface area contributed by atoms with Crippen LogP contribution in [-0.4, -0.2) is 18.3 Å². The molecule has 11 heavy (non-hydrogen) atoms. The van der Waals surface area contributed by atoms with Gasteiger partial charge in [0.15, 0.2) is 0 Å². The molecule has 2 N–H and O–H groups in total. The molecule has 0 spiro atoms. The molecule has 0 aliphatic heterocycles. The fraction of sp³-hybridized carbons (Fsp3) is 0.889. The van der Waals surface area contributed by atoms with E-state index in [-0.39, 0.29) is 5.54 Å². The van der Waals surface area contributed by atoms with Crippen LogP contribution in [0, 0.1) is 5.92 Å². The zero-order valence-corrected chi connectivity index (χ0v) is 8.09. The maximum absolute atomic E-state index is 5.71. The van der Waals surface area contributed by atoms with E-state index >= 15 is 0 Å². The summed E-state index contributed by atoms with van der Waals surface area (Å²) in [7, 11) is 0. The molecular formula is C9H20N2. The Morgan fingerprint density at radius 3 is 2.45 bits per heavy atom. The minimum atomic E-state index is -0.256. The van der Waals surface area contributed by atoms with Gasteiger partial charge in [-0.2, -0.15) is 0 Å². The first-order chi connectivity index (χ1) is 4.95. The van der Waals surface area contributed by atoms with Crippen LogP contribution in [0.4, 0.5) is 0 Å². The highest BCUT2D eigenvalue weighted by molar-refractivity contribution is 5.68. The lowest BCUT2D eigenvalue weighted by Gasteiger charge is -2.11. The van der Waals surface area contributed by atoms with E-state index in [0.717, 1.165) is 6.54 Å². The molecule has 0 radical (unpaired) electrons. The summed E-state index contributed by atoms with van der Waals surface area (Å²) < 4.78 is 0. The smallest absolute Gasteiger partial charge is 0.0451 e. The van der Waals surface area contributed by atoms with Crippen molar-refractivity contribution in [2.24, 2.45) is 16.6 Å². The zero-order chi connectivity index (χ0) is 8.91. The molecule has 1 unspecified atom stereocenters. The highest BCUT2D eigenvalue weighted by Gasteiger charge is 2.05. The molecular weight excluding hydrogens is 136 g/mol. The first-order valence-corrected chi connectivity index (χ1v) is 4.25. The van der Waals surface area contributed by atoms with E-state index in [1.165, 1.54) is 6.42 Å². The maximum Gasteiger partial charge on any atom is 0.0451 e. The Labute approximate surface area is 69.9 Å². The number of nitrogens with two attached hydrogens (primary N) is 1. The predicted octanol–water partition coefficient (Wildman–Crippen LogP) is 1.84. The third-order valence-corrected chi connectivity index (χ3v) is 1.54. The van der Waals surface area contributed by atoms with Gasteiger partial charge >= 0.3 is 0 Å². The van der Waals surface area contributed by atoms with Crippen LogP contribution < -0.4 is 5.73 Å². The molecule has 66 valence electrons. The second-order valence-electron chi connectivity index (χ2n) is 3.83. The molecule has 2 heteroatoms. The van der Waals surface area contributed by atoms with Gasteiger partial charge in [0.1, 0.15) is 0 Å². The van der Waals surface area contributed by atoms with Crippen LogP contribution in [-0.2, 0) is 0 Å². The van der Waals surface area contributed by atoms with E-state index in [0.29, 0.717) is 5.92 Å². The molecule has 1 atom stereocenters. The predicted molar refractivity (Wildman–Crippen MR) is 51.1 cm³/mol. The van der Waals surface area contributed by atoms with Gasteiger partial charge in [-0.05, 0) is 19.8 Å². The molecule has 0 aliphatic carbocycles. The quantitative estimate of drug-likeness (QED) is 0.620. The highest BCUT2D eigenvalue weighted by Crippen LogP contribution is 2.00. The third-order valence-electron chi connectivity index (χ3n) is 1.54. The molecule has 2 nitrogen and oxygen atoms in total. The largest absolute Gasteiger partial charge is 0.321 e. The fourth-order valence-corrected chi connectivity index (χ4v) is 0.597. The Morgan fingerprint density at radius 2 is 2.09 bits per heavy atom. The van der Waals surface area contributed by atoms with Crippen molar-refractivity contribution in [1.82, 2.24) is 0 Å². The number of nitrogens with zero attached hydrogens (tertiary/aromatic N) is 1. The summed E-state index contributed by atoms with van der Waals surface area (Å²) in [5, 5.41) is 0. The van der Waals surface area contributed by atoms with Gasteiger partial charge in [-0.25, -0.2) is 0 Å². The number of aliphatic imine (C=N–C) groups is 1. The van der Waals surface area contributed by atoms with Crippen molar-refractivity contribution >= 4 is 6.21 Å². The normalized spacial score (nSPS) is 15.7. The van der Waals surface area contributed by atoms with Crippen LogP contribution in [0.3, 0.4) is 0 Å². The fourth-order valence-electron chi connectivity index (χ4n) is 0.597. The minimum Gasteiger partial charge on any atom is -0.321 e. The van der Waals surface area contributed by atoms with Gasteiger partial charge in [0.05, 0.1) is 0 Å². The molecule has 0 fully saturated rings. The average Bonchev–Trinajstić information content (AvgIpc) is 1.85. The standard InChI is InChI=1S/C9H20N2/c1-5-8(2)6-11-7-9(3,4)10/h7-8H,5-6,10H2,1-4H3/b11-7+. The van der Waals surface area contributed by atoms with Crippen molar-refractivity contribution in [2.75, 3.05) is 6.54 Å². The van der Waals surface area contributed by atoms with Crippen molar-refractivity contribution < 1.29 is 0 Å². The summed E-state index contributed by atoms with van der Waals surface area (Å²) >= 11 is 0. The van der Waals surface area contributed by atoms with Gasteiger partial charge in [0.25, 0.3) is 0 Å². The lowest BCUT2D eigenvalue weighted by atomic mass is 10.1. The van der Waals surface area contributed by atoms with Gasteiger partial charge in [-0.3, -0.25) is 4.99 Å². The number of hydrogen-bond donors (Lipinski definition) is 1. The summed E-state index contributed by atoms with van der Waals surface area (Å²) in [6.07, 6.45) is 3.02. The molecule has 0 aromatic heterocycles. The average molecular weight is 156 g/mol. The Kier molecular flexibility index (Phi) is 4.34. The lowest BCUT2D eigenvalue weighted by Crippen LogP contribution is -2.33. The third kappa shape index (κ3) is 7.53. The van der Waals surface area contributed by atoms with E-state index in [2.05, 4.69) is 18.8 Å². The Hall–Kier alpha value is -0.370. The van der Waals surface area contributed by atoms with Gasteiger partial charge in [0.2, 0.25) is 0 Å². The summed E-state index contributed by atoms with van der Waals surface area (Å²) in [6.45, 7) is 9.17. The first-order valence-electron chi connectivity index (χ1n) is 4.25. The van der Waals surface area contributed by atoms with Crippen molar-refractivity contribution in [1.29, 1.82) is 0 Å². The summed E-state index contributed by atoms with van der Waals surface area (Å²) in [6, 6.07) is 0. The maximum atomic E-state index is 5.71. The zero-order valence-electron chi connectivity index (χ0n) is 8.09. The van der Waals surface area contributed by atoms with E-state index in [1.807, 2.05) is 20.1 Å². The van der Waals surface area contributed by atoms with Crippen LogP contribution >= 0.6 is 0 Å². The van der Waals surface area contributed by atoms with Crippen LogP contribution in [0.1, 0.15) is 34.1 Å². The molecule has 0 aliphatic rings. The summed E-state index contributed by atoms with van der Waals surface area (Å²) in [5.41, 5.74) is 5.46. The van der Waals surface area contributed by atoms with E-state index in [1.54, 1.807) is 0 Å². The SMILES string of the molecule is CCC(C)C/N=C/C(C)(C)N. The molecule has 0 aromatic carbocycles. The van der Waals surface area contributed by atoms with Crippen LogP contribution in [0.25, 0.3) is 0 Å². The Bertz CT molecular complexity index is 122. The van der Waals surface area contributed by atoms with Gasteiger partial charge < -0.3 is 5.73 Å². The number of rotatable bonds is 4. The lowest BCUT2D eigenvalue weighted by molar-refractivity contribution is 0.574. The highest BCUT2D eigenvalue weighted by atomic mass is 14.8. The molecule has 0 saturated carbocycles. The van der Waals surface area contributed by atoms with E-state index < -0.39 is 0 Å². The second-order valence-corrected chi connectivity index (χ2v) is 3.83. The van der Waals surface area contributed by atoms with Crippen LogP contribution in [0.2, 0.25) is 0 Å². The summed E-state index contributed by atoms with van der Waals surface area (Å²) in [5.74, 6) is 0.675.